The van der Waals surface area contributed by atoms with E-state index in [2.05, 4.69) is 11.5 Å². The van der Waals surface area contributed by atoms with E-state index in [4.69, 9.17) is 9.84 Å². The Kier molecular flexibility index (Phi) is 16.1. The summed E-state index contributed by atoms with van der Waals surface area (Å²) in [5, 5.41) is 8.80. The summed E-state index contributed by atoms with van der Waals surface area (Å²) in [6.45, 7) is 7.04. The second-order valence-electron chi connectivity index (χ2n) is 9.82. The highest BCUT2D eigenvalue weighted by Gasteiger charge is 2.22. The molecule has 1 N–H and O–H groups in total. The molecule has 0 fully saturated rings. The van der Waals surface area contributed by atoms with Crippen molar-refractivity contribution >= 4 is 17.7 Å². The molecule has 0 unspecified atom stereocenters. The second-order valence-corrected chi connectivity index (χ2v) is 9.82. The average molecular weight is 492 g/mol. The number of esters is 1. The zero-order chi connectivity index (χ0) is 26.1. The molecule has 0 aromatic carbocycles. The van der Waals surface area contributed by atoms with Gasteiger partial charge in [0.05, 0.1) is 13.5 Å². The molecule has 0 aliphatic heterocycles. The third-order valence-corrected chi connectivity index (χ3v) is 7.00. The molecular weight excluding hydrogens is 442 g/mol. The molecule has 0 atom stereocenters. The maximum atomic E-state index is 13.2. The SMILES string of the molecule is CCCCCCCCCCCC(=O)c1c(C)c(CCC(=O)OC)n(CCCCCCC(=O)O)c1C. The Balaban J connectivity index is 2.69. The fourth-order valence-electron chi connectivity index (χ4n) is 4.93. The molecule has 6 nitrogen and oxygen atoms in total. The standard InChI is InChI=1S/C29H49NO5/c1-5-6-7-8-9-10-11-12-15-18-26(31)29-23(2)25(20-21-28(34)35-4)30(24(29)3)22-17-14-13-16-19-27(32)33/h5-22H2,1-4H3,(H,32,33). The number of rotatable bonds is 21. The molecule has 35 heavy (non-hydrogen) atoms. The van der Waals surface area contributed by atoms with E-state index in [0.717, 1.165) is 61.2 Å². The number of aliphatic carboxylic acids is 1. The van der Waals surface area contributed by atoms with E-state index >= 15 is 0 Å². The van der Waals surface area contributed by atoms with Crippen LogP contribution in [0.1, 0.15) is 137 Å². The van der Waals surface area contributed by atoms with Crippen molar-refractivity contribution in [3.63, 3.8) is 0 Å². The van der Waals surface area contributed by atoms with E-state index < -0.39 is 5.97 Å². The third-order valence-electron chi connectivity index (χ3n) is 7.00. The van der Waals surface area contributed by atoms with Crippen molar-refractivity contribution in [1.29, 1.82) is 0 Å². The highest BCUT2D eigenvalue weighted by molar-refractivity contribution is 5.99. The van der Waals surface area contributed by atoms with Crippen molar-refractivity contribution in [3.05, 3.63) is 22.5 Å². The number of carboxylic acids is 1. The van der Waals surface area contributed by atoms with Gasteiger partial charge in [-0.25, -0.2) is 0 Å². The van der Waals surface area contributed by atoms with Crippen LogP contribution in [0.15, 0.2) is 0 Å². The summed E-state index contributed by atoms with van der Waals surface area (Å²) in [5.74, 6) is -0.782. The first-order valence-electron chi connectivity index (χ1n) is 13.8. The number of carbonyl (C=O) groups is 3. The van der Waals surface area contributed by atoms with Crippen LogP contribution in [0.2, 0.25) is 0 Å². The summed E-state index contributed by atoms with van der Waals surface area (Å²) in [7, 11) is 1.40. The van der Waals surface area contributed by atoms with Gasteiger partial charge in [0.2, 0.25) is 0 Å². The fraction of sp³-hybridized carbons (Fsp3) is 0.759. The topological polar surface area (TPSA) is 85.6 Å². The number of ketones is 1. The summed E-state index contributed by atoms with van der Waals surface area (Å²) < 4.78 is 7.04. The summed E-state index contributed by atoms with van der Waals surface area (Å²) in [4.78, 5) is 35.6. The number of hydrogen-bond acceptors (Lipinski definition) is 4. The van der Waals surface area contributed by atoms with Crippen molar-refractivity contribution in [2.75, 3.05) is 7.11 Å². The Morgan fingerprint density at radius 2 is 1.31 bits per heavy atom. The van der Waals surface area contributed by atoms with Crippen molar-refractivity contribution in [3.8, 4) is 0 Å². The van der Waals surface area contributed by atoms with Gasteiger partial charge < -0.3 is 14.4 Å². The number of carbonyl (C=O) groups excluding carboxylic acids is 2. The third kappa shape index (κ3) is 11.9. The van der Waals surface area contributed by atoms with E-state index in [1.54, 1.807) is 0 Å². The number of methoxy groups -OCH3 is 1. The molecule has 0 aliphatic rings. The first kappa shape index (κ1) is 30.9. The van der Waals surface area contributed by atoms with E-state index in [0.29, 0.717) is 25.7 Å². The van der Waals surface area contributed by atoms with Gasteiger partial charge in [0.1, 0.15) is 0 Å². The van der Waals surface area contributed by atoms with Crippen LogP contribution in [0.4, 0.5) is 0 Å². The molecule has 1 rings (SSSR count). The second kappa shape index (κ2) is 18.2. The Hall–Kier alpha value is -2.11. The molecule has 0 saturated heterocycles. The number of aromatic nitrogens is 1. The highest BCUT2D eigenvalue weighted by atomic mass is 16.5. The lowest BCUT2D eigenvalue weighted by Crippen LogP contribution is -2.09. The maximum absolute atomic E-state index is 13.2. The Morgan fingerprint density at radius 3 is 1.89 bits per heavy atom. The van der Waals surface area contributed by atoms with E-state index in [9.17, 15) is 14.4 Å². The van der Waals surface area contributed by atoms with Crippen molar-refractivity contribution in [1.82, 2.24) is 4.57 Å². The Labute approximate surface area is 212 Å². The van der Waals surface area contributed by atoms with Crippen molar-refractivity contribution in [2.45, 2.75) is 136 Å². The molecule has 0 saturated carbocycles. The Morgan fingerprint density at radius 1 is 0.771 bits per heavy atom. The molecule has 1 aromatic heterocycles. The molecule has 1 aromatic rings. The van der Waals surface area contributed by atoms with Gasteiger partial charge in [0, 0.05) is 36.3 Å². The largest absolute Gasteiger partial charge is 0.481 e. The van der Waals surface area contributed by atoms with Gasteiger partial charge in [-0.15, -0.1) is 0 Å². The summed E-state index contributed by atoms with van der Waals surface area (Å²) >= 11 is 0. The van der Waals surface area contributed by atoms with Crippen LogP contribution in [0.25, 0.3) is 0 Å². The number of hydrogen-bond donors (Lipinski definition) is 1. The summed E-state index contributed by atoms with van der Waals surface area (Å²) in [6.07, 6.45) is 16.2. The van der Waals surface area contributed by atoms with Crippen molar-refractivity contribution < 1.29 is 24.2 Å². The highest BCUT2D eigenvalue weighted by Crippen LogP contribution is 2.27. The molecule has 0 aliphatic carbocycles. The van der Waals surface area contributed by atoms with Gasteiger partial charge in [0.15, 0.2) is 5.78 Å². The number of unbranched alkanes of at least 4 members (excludes halogenated alkanes) is 11. The lowest BCUT2D eigenvalue weighted by Gasteiger charge is -2.12. The number of ether oxygens (including phenoxy) is 1. The molecule has 200 valence electrons. The van der Waals surface area contributed by atoms with Crippen LogP contribution in [0, 0.1) is 13.8 Å². The van der Waals surface area contributed by atoms with Gasteiger partial charge >= 0.3 is 11.9 Å². The van der Waals surface area contributed by atoms with Gasteiger partial charge in [-0.3, -0.25) is 14.4 Å². The number of nitrogens with zero attached hydrogens (tertiary/aromatic N) is 1. The van der Waals surface area contributed by atoms with Crippen LogP contribution in [0.5, 0.6) is 0 Å². The van der Waals surface area contributed by atoms with Crippen LogP contribution >= 0.6 is 0 Å². The predicted molar refractivity (Wildman–Crippen MR) is 141 cm³/mol. The van der Waals surface area contributed by atoms with Crippen LogP contribution < -0.4 is 0 Å². The summed E-state index contributed by atoms with van der Waals surface area (Å²) in [5.41, 5.74) is 3.87. The van der Waals surface area contributed by atoms with Gasteiger partial charge in [-0.1, -0.05) is 71.1 Å². The number of carboxylic acid groups (broad SMARTS) is 1. The molecule has 0 spiro atoms. The van der Waals surface area contributed by atoms with Crippen LogP contribution in [-0.2, 0) is 27.3 Å². The van der Waals surface area contributed by atoms with Crippen LogP contribution in [-0.4, -0.2) is 34.5 Å². The zero-order valence-electron chi connectivity index (χ0n) is 22.8. The first-order valence-corrected chi connectivity index (χ1v) is 13.8. The molecule has 0 bridgehead atoms. The number of Topliss-reactive ketones (excluding diaryl/α,β-unsaturated/α-hetero) is 1. The lowest BCUT2D eigenvalue weighted by molar-refractivity contribution is -0.140. The molecule has 0 amide bonds. The maximum Gasteiger partial charge on any atom is 0.305 e. The predicted octanol–water partition coefficient (Wildman–Crippen LogP) is 7.35. The van der Waals surface area contributed by atoms with Crippen molar-refractivity contribution in [2.24, 2.45) is 0 Å². The van der Waals surface area contributed by atoms with Crippen LogP contribution in [0.3, 0.4) is 0 Å². The quantitative estimate of drug-likeness (QED) is 0.110. The van der Waals surface area contributed by atoms with E-state index in [1.807, 2.05) is 13.8 Å². The first-order chi connectivity index (χ1) is 16.8. The molecular formula is C29H49NO5. The minimum absolute atomic E-state index is 0.211. The Bertz CT molecular complexity index is 781. The van der Waals surface area contributed by atoms with E-state index in [-0.39, 0.29) is 18.2 Å². The van der Waals surface area contributed by atoms with Gasteiger partial charge in [-0.2, -0.15) is 0 Å². The molecule has 1 heterocycles. The zero-order valence-corrected chi connectivity index (χ0v) is 22.8. The molecule has 0 radical (unpaired) electrons. The summed E-state index contributed by atoms with van der Waals surface area (Å²) in [6, 6.07) is 0. The van der Waals surface area contributed by atoms with E-state index in [1.165, 1.54) is 52.1 Å². The monoisotopic (exact) mass is 491 g/mol. The molecule has 6 heteroatoms. The smallest absolute Gasteiger partial charge is 0.305 e. The fourth-order valence-corrected chi connectivity index (χ4v) is 4.93. The average Bonchev–Trinajstić information content (AvgIpc) is 3.06. The minimum Gasteiger partial charge on any atom is -0.481 e. The minimum atomic E-state index is -0.748. The van der Waals surface area contributed by atoms with Gasteiger partial charge in [-0.05, 0) is 45.1 Å². The van der Waals surface area contributed by atoms with Gasteiger partial charge in [0.25, 0.3) is 0 Å². The normalized spacial score (nSPS) is 11.1. The lowest BCUT2D eigenvalue weighted by atomic mass is 9.99.